The van der Waals surface area contributed by atoms with Crippen molar-refractivity contribution in [2.24, 2.45) is 0 Å². The molecule has 0 aliphatic carbocycles. The first-order chi connectivity index (χ1) is 16.9. The molecule has 11 heteroatoms. The summed E-state index contributed by atoms with van der Waals surface area (Å²) in [5.41, 5.74) is 2.47. The molecule has 180 valence electrons. The summed E-state index contributed by atoms with van der Waals surface area (Å²) >= 11 is 6.34. The summed E-state index contributed by atoms with van der Waals surface area (Å²) in [4.78, 5) is 27.1. The number of rotatable bonds is 8. The molecule has 0 bridgehead atoms. The van der Waals surface area contributed by atoms with E-state index in [2.05, 4.69) is 35.8 Å². The Morgan fingerprint density at radius 1 is 1.17 bits per heavy atom. The van der Waals surface area contributed by atoms with Crippen molar-refractivity contribution in [2.45, 2.75) is 13.0 Å². The Kier molecular flexibility index (Phi) is 7.23. The third kappa shape index (κ3) is 5.56. The van der Waals surface area contributed by atoms with Gasteiger partial charge in [0, 0.05) is 26.0 Å². The summed E-state index contributed by atoms with van der Waals surface area (Å²) in [6, 6.07) is 14.2. The Bertz CT molecular complexity index is 1330. The number of hydrogen-bond acceptors (Lipinski definition) is 8. The number of hydrogen-bond donors (Lipinski definition) is 4. The number of halogens is 1. The predicted octanol–water partition coefficient (Wildman–Crippen LogP) is 3.81. The molecule has 1 amide bonds. The van der Waals surface area contributed by atoms with E-state index in [0.29, 0.717) is 39.3 Å². The van der Waals surface area contributed by atoms with Gasteiger partial charge in [0.15, 0.2) is 5.82 Å². The van der Waals surface area contributed by atoms with Crippen molar-refractivity contribution in [1.82, 2.24) is 30.0 Å². The number of anilines is 3. The van der Waals surface area contributed by atoms with E-state index in [-0.39, 0.29) is 18.5 Å². The van der Waals surface area contributed by atoms with E-state index in [0.717, 1.165) is 5.56 Å². The standard InChI is InChI=1S/C24H25ClN8O2/c1-14-27-22(32-31-14)18-12-26-24(28-16-9-10-17(19(25)11-16)23(35)33(2)3)30-21(18)29-20(13-34)15-7-5-4-6-8-15/h4-12,20,34H,13H2,1-3H3,(H,27,31,32)(H2,26,28,29,30)/t20-/m1/s1. The molecular weight excluding hydrogens is 468 g/mol. The highest BCUT2D eigenvalue weighted by atomic mass is 35.5. The molecule has 4 N–H and O–H groups in total. The highest BCUT2D eigenvalue weighted by Crippen LogP contribution is 2.29. The second kappa shape index (κ2) is 10.5. The van der Waals surface area contributed by atoms with Crippen molar-refractivity contribution in [3.63, 3.8) is 0 Å². The molecule has 0 fully saturated rings. The maximum atomic E-state index is 12.3. The number of carbonyl (C=O) groups is 1. The van der Waals surface area contributed by atoms with Gasteiger partial charge in [-0.1, -0.05) is 41.9 Å². The topological polar surface area (TPSA) is 132 Å². The van der Waals surface area contributed by atoms with Crippen LogP contribution in [-0.2, 0) is 0 Å². The van der Waals surface area contributed by atoms with Crippen molar-refractivity contribution in [3.05, 3.63) is 76.7 Å². The molecule has 4 rings (SSSR count). The molecule has 10 nitrogen and oxygen atoms in total. The Morgan fingerprint density at radius 2 is 1.94 bits per heavy atom. The van der Waals surface area contributed by atoms with Gasteiger partial charge < -0.3 is 20.6 Å². The zero-order valence-electron chi connectivity index (χ0n) is 19.5. The number of aliphatic hydroxyl groups is 1. The first-order valence-electron chi connectivity index (χ1n) is 10.8. The maximum absolute atomic E-state index is 12.3. The van der Waals surface area contributed by atoms with Gasteiger partial charge in [0.2, 0.25) is 5.95 Å². The van der Waals surface area contributed by atoms with Gasteiger partial charge in [0.1, 0.15) is 11.6 Å². The van der Waals surface area contributed by atoms with Gasteiger partial charge in [-0.15, -0.1) is 0 Å². The Labute approximate surface area is 207 Å². The molecule has 2 heterocycles. The molecule has 1 atom stereocenters. The van der Waals surface area contributed by atoms with Crippen molar-refractivity contribution in [1.29, 1.82) is 0 Å². The van der Waals surface area contributed by atoms with Gasteiger partial charge in [-0.2, -0.15) is 10.1 Å². The summed E-state index contributed by atoms with van der Waals surface area (Å²) in [6.45, 7) is 1.65. The number of aliphatic hydroxyl groups excluding tert-OH is 1. The number of H-pyrrole nitrogens is 1. The molecule has 0 saturated carbocycles. The molecule has 2 aromatic carbocycles. The van der Waals surface area contributed by atoms with Crippen LogP contribution in [0.1, 0.15) is 27.8 Å². The van der Waals surface area contributed by atoms with Crippen molar-refractivity contribution in [2.75, 3.05) is 31.3 Å². The molecular formula is C24H25ClN8O2. The summed E-state index contributed by atoms with van der Waals surface area (Å²) in [7, 11) is 3.33. The molecule has 0 unspecified atom stereocenters. The number of aromatic nitrogens is 5. The molecule has 0 radical (unpaired) electrons. The summed E-state index contributed by atoms with van der Waals surface area (Å²) < 4.78 is 0. The lowest BCUT2D eigenvalue weighted by Gasteiger charge is -2.19. The van der Waals surface area contributed by atoms with E-state index in [1.807, 2.05) is 30.3 Å². The molecule has 4 aromatic rings. The second-order valence-corrected chi connectivity index (χ2v) is 8.42. The number of nitrogens with one attached hydrogen (secondary N) is 3. The maximum Gasteiger partial charge on any atom is 0.254 e. The first kappa shape index (κ1) is 24.1. The van der Waals surface area contributed by atoms with Gasteiger partial charge in [-0.25, -0.2) is 9.97 Å². The largest absolute Gasteiger partial charge is 0.394 e. The van der Waals surface area contributed by atoms with Crippen LogP contribution in [0.4, 0.5) is 17.5 Å². The van der Waals surface area contributed by atoms with E-state index in [4.69, 9.17) is 11.6 Å². The first-order valence-corrected chi connectivity index (χ1v) is 11.2. The smallest absolute Gasteiger partial charge is 0.254 e. The minimum Gasteiger partial charge on any atom is -0.394 e. The average molecular weight is 493 g/mol. The number of benzene rings is 2. The third-order valence-corrected chi connectivity index (χ3v) is 5.50. The van der Waals surface area contributed by atoms with Crippen LogP contribution in [0.2, 0.25) is 5.02 Å². The summed E-state index contributed by atoms with van der Waals surface area (Å²) in [5, 5.41) is 23.8. The predicted molar refractivity (Wildman–Crippen MR) is 135 cm³/mol. The van der Waals surface area contributed by atoms with Crippen LogP contribution in [-0.4, -0.2) is 61.8 Å². The lowest BCUT2D eigenvalue weighted by molar-refractivity contribution is 0.0828. The van der Waals surface area contributed by atoms with Crippen molar-refractivity contribution < 1.29 is 9.90 Å². The van der Waals surface area contributed by atoms with Gasteiger partial charge >= 0.3 is 0 Å². The van der Waals surface area contributed by atoms with Crippen LogP contribution in [0.15, 0.2) is 54.7 Å². The fourth-order valence-electron chi connectivity index (χ4n) is 3.40. The van der Waals surface area contributed by atoms with E-state index < -0.39 is 6.04 Å². The van der Waals surface area contributed by atoms with E-state index in [9.17, 15) is 9.90 Å². The summed E-state index contributed by atoms with van der Waals surface area (Å²) in [6.07, 6.45) is 1.60. The highest BCUT2D eigenvalue weighted by Gasteiger charge is 2.19. The van der Waals surface area contributed by atoms with Crippen LogP contribution in [0, 0.1) is 6.92 Å². The Hall–Kier alpha value is -4.02. The second-order valence-electron chi connectivity index (χ2n) is 8.01. The van der Waals surface area contributed by atoms with E-state index in [1.54, 1.807) is 45.4 Å². The normalized spacial score (nSPS) is 11.7. The van der Waals surface area contributed by atoms with E-state index in [1.165, 1.54) is 4.90 Å². The highest BCUT2D eigenvalue weighted by molar-refractivity contribution is 6.34. The summed E-state index contributed by atoms with van der Waals surface area (Å²) in [5.74, 6) is 1.62. The van der Waals surface area contributed by atoms with Crippen molar-refractivity contribution in [3.8, 4) is 11.4 Å². The van der Waals surface area contributed by atoms with Gasteiger partial charge in [0.25, 0.3) is 5.91 Å². The molecule has 0 aliphatic heterocycles. The fraction of sp³-hybridized carbons (Fsp3) is 0.208. The number of nitrogens with zero attached hydrogens (tertiary/aromatic N) is 5. The Balaban J connectivity index is 1.66. The Morgan fingerprint density at radius 3 is 2.57 bits per heavy atom. The monoisotopic (exact) mass is 492 g/mol. The van der Waals surface area contributed by atoms with Crippen LogP contribution < -0.4 is 10.6 Å². The van der Waals surface area contributed by atoms with Crippen LogP contribution in [0.5, 0.6) is 0 Å². The molecule has 0 spiro atoms. The lowest BCUT2D eigenvalue weighted by atomic mass is 10.1. The molecule has 0 saturated heterocycles. The fourth-order valence-corrected chi connectivity index (χ4v) is 3.66. The number of carbonyl (C=O) groups excluding carboxylic acids is 1. The van der Waals surface area contributed by atoms with Crippen LogP contribution >= 0.6 is 11.6 Å². The third-order valence-electron chi connectivity index (χ3n) is 5.18. The minimum atomic E-state index is -0.413. The number of aromatic amines is 1. The average Bonchev–Trinajstić information content (AvgIpc) is 3.28. The zero-order chi connectivity index (χ0) is 24.9. The van der Waals surface area contributed by atoms with E-state index >= 15 is 0 Å². The number of aryl methyl sites for hydroxylation is 1. The SMILES string of the molecule is Cc1nc(-c2cnc(Nc3ccc(C(=O)N(C)C)c(Cl)c3)nc2N[C@H](CO)c2ccccc2)n[nH]1. The van der Waals surface area contributed by atoms with Crippen molar-refractivity contribution >= 4 is 35.0 Å². The molecule has 2 aromatic heterocycles. The quantitative estimate of drug-likeness (QED) is 0.292. The van der Waals surface area contributed by atoms with Crippen LogP contribution in [0.3, 0.4) is 0 Å². The van der Waals surface area contributed by atoms with Gasteiger partial charge in [-0.3, -0.25) is 9.89 Å². The zero-order valence-corrected chi connectivity index (χ0v) is 20.2. The van der Waals surface area contributed by atoms with Gasteiger partial charge in [-0.05, 0) is 30.7 Å². The molecule has 0 aliphatic rings. The van der Waals surface area contributed by atoms with Gasteiger partial charge in [0.05, 0.1) is 28.8 Å². The number of amides is 1. The minimum absolute atomic E-state index is 0.153. The lowest BCUT2D eigenvalue weighted by Crippen LogP contribution is -2.22. The van der Waals surface area contributed by atoms with Crippen LogP contribution in [0.25, 0.3) is 11.4 Å². The molecule has 35 heavy (non-hydrogen) atoms.